The minimum absolute atomic E-state index is 1.09. The molecule has 4 aromatic carbocycles. The third-order valence-electron chi connectivity index (χ3n) is 4.87. The van der Waals surface area contributed by atoms with E-state index >= 15 is 0 Å². The van der Waals surface area contributed by atoms with E-state index < -0.39 is 0 Å². The zero-order chi connectivity index (χ0) is 17.5. The van der Waals surface area contributed by atoms with Gasteiger partial charge in [-0.1, -0.05) is 78.9 Å². The highest BCUT2D eigenvalue weighted by atomic mass is 32.1. The molecule has 2 heteroatoms. The van der Waals surface area contributed by atoms with E-state index in [9.17, 15) is 0 Å². The molecule has 0 bridgehead atoms. The summed E-state index contributed by atoms with van der Waals surface area (Å²) in [5, 5.41) is 3.62. The molecule has 1 aromatic heterocycles. The van der Waals surface area contributed by atoms with Gasteiger partial charge in [-0.25, -0.2) is 4.98 Å². The number of aryl methyl sites for hydroxylation is 1. The van der Waals surface area contributed by atoms with Crippen LogP contribution in [0.1, 0.15) is 5.56 Å². The molecule has 0 unspecified atom stereocenters. The average molecular weight is 351 g/mol. The molecule has 0 radical (unpaired) electrons. The number of fused-ring (bicyclic) bond motifs is 2. The summed E-state index contributed by atoms with van der Waals surface area (Å²) in [6.07, 6.45) is 0. The highest BCUT2D eigenvalue weighted by molar-refractivity contribution is 7.21. The maximum absolute atomic E-state index is 5.05. The maximum atomic E-state index is 5.05. The summed E-state index contributed by atoms with van der Waals surface area (Å²) in [4.78, 5) is 5.05. The second-order valence-electron chi connectivity index (χ2n) is 6.51. The summed E-state index contributed by atoms with van der Waals surface area (Å²) in [6.45, 7) is 2.15. The van der Waals surface area contributed by atoms with E-state index in [1.165, 1.54) is 37.7 Å². The first-order chi connectivity index (χ1) is 12.8. The van der Waals surface area contributed by atoms with Crippen LogP contribution in [-0.4, -0.2) is 4.98 Å². The molecule has 5 aromatic rings. The molecule has 0 aliphatic carbocycles. The number of benzene rings is 4. The highest BCUT2D eigenvalue weighted by Crippen LogP contribution is 2.38. The normalized spacial score (nSPS) is 11.3. The van der Waals surface area contributed by atoms with E-state index in [0.29, 0.717) is 0 Å². The zero-order valence-electron chi connectivity index (χ0n) is 14.4. The molecule has 5 rings (SSSR count). The summed E-state index contributed by atoms with van der Waals surface area (Å²) in [6, 6.07) is 30.0. The van der Waals surface area contributed by atoms with Crippen molar-refractivity contribution >= 4 is 32.3 Å². The molecule has 124 valence electrons. The Morgan fingerprint density at radius 3 is 2.27 bits per heavy atom. The molecule has 26 heavy (non-hydrogen) atoms. The highest BCUT2D eigenvalue weighted by Gasteiger charge is 2.13. The Balaban J connectivity index is 1.78. The second kappa shape index (κ2) is 6.08. The summed E-state index contributed by atoms with van der Waals surface area (Å²) in [7, 11) is 0. The van der Waals surface area contributed by atoms with Crippen LogP contribution in [0.15, 0.2) is 84.9 Å². The van der Waals surface area contributed by atoms with Gasteiger partial charge in [0.25, 0.3) is 0 Å². The first-order valence-electron chi connectivity index (χ1n) is 8.75. The van der Waals surface area contributed by atoms with E-state index in [1.807, 2.05) is 0 Å². The lowest BCUT2D eigenvalue weighted by Gasteiger charge is -2.07. The van der Waals surface area contributed by atoms with Crippen LogP contribution < -0.4 is 0 Å². The van der Waals surface area contributed by atoms with Gasteiger partial charge in [-0.2, -0.15) is 0 Å². The molecule has 0 saturated heterocycles. The van der Waals surface area contributed by atoms with Crippen LogP contribution >= 0.6 is 11.3 Å². The monoisotopic (exact) mass is 351 g/mol. The van der Waals surface area contributed by atoms with Crippen molar-refractivity contribution in [3.63, 3.8) is 0 Å². The summed E-state index contributed by atoms with van der Waals surface area (Å²) in [5.74, 6) is 0. The van der Waals surface area contributed by atoms with Gasteiger partial charge in [-0.05, 0) is 34.9 Å². The first-order valence-corrected chi connectivity index (χ1v) is 9.56. The number of aromatic nitrogens is 1. The largest absolute Gasteiger partial charge is 0.235 e. The number of rotatable bonds is 2. The van der Waals surface area contributed by atoms with Crippen LogP contribution in [0.4, 0.5) is 0 Å². The Bertz CT molecular complexity index is 1240. The van der Waals surface area contributed by atoms with Gasteiger partial charge in [0.05, 0.1) is 10.2 Å². The molecule has 0 saturated carbocycles. The number of nitrogens with zero attached hydrogens (tertiary/aromatic N) is 1. The van der Waals surface area contributed by atoms with Crippen molar-refractivity contribution in [2.45, 2.75) is 6.92 Å². The predicted molar refractivity (Wildman–Crippen MR) is 113 cm³/mol. The van der Waals surface area contributed by atoms with Gasteiger partial charge < -0.3 is 0 Å². The summed E-state index contributed by atoms with van der Waals surface area (Å²) in [5.41, 5.74) is 6.02. The van der Waals surface area contributed by atoms with Crippen LogP contribution in [0.5, 0.6) is 0 Å². The summed E-state index contributed by atoms with van der Waals surface area (Å²) >= 11 is 1.77. The van der Waals surface area contributed by atoms with Gasteiger partial charge in [-0.3, -0.25) is 0 Å². The van der Waals surface area contributed by atoms with Crippen LogP contribution in [0.2, 0.25) is 0 Å². The smallest absolute Gasteiger partial charge is 0.124 e. The number of hydrogen-bond acceptors (Lipinski definition) is 2. The quantitative estimate of drug-likeness (QED) is 0.331. The van der Waals surface area contributed by atoms with E-state index in [-0.39, 0.29) is 0 Å². The molecular formula is C24H17NS. The lowest BCUT2D eigenvalue weighted by atomic mass is 9.97. The van der Waals surface area contributed by atoms with Gasteiger partial charge in [0.15, 0.2) is 0 Å². The standard InChI is InChI=1S/C24H17NS/c1-16-8-2-4-11-18(16)24-25-23-21(14-7-15-22(23)26-24)20-13-6-10-17-9-3-5-12-19(17)20/h2-15H,1H3. The third-order valence-corrected chi connectivity index (χ3v) is 5.93. The molecule has 0 amide bonds. The van der Waals surface area contributed by atoms with Crippen molar-refractivity contribution in [2.75, 3.05) is 0 Å². The van der Waals surface area contributed by atoms with Crippen molar-refractivity contribution in [3.05, 3.63) is 90.5 Å². The van der Waals surface area contributed by atoms with Crippen LogP contribution in [0.3, 0.4) is 0 Å². The lowest BCUT2D eigenvalue weighted by Crippen LogP contribution is -1.84. The Morgan fingerprint density at radius 2 is 1.35 bits per heavy atom. The minimum Gasteiger partial charge on any atom is -0.235 e. The number of hydrogen-bond donors (Lipinski definition) is 0. The van der Waals surface area contributed by atoms with Gasteiger partial charge in [-0.15, -0.1) is 11.3 Å². The first kappa shape index (κ1) is 15.3. The van der Waals surface area contributed by atoms with Crippen LogP contribution in [-0.2, 0) is 0 Å². The van der Waals surface area contributed by atoms with Crippen molar-refractivity contribution in [1.29, 1.82) is 0 Å². The fraction of sp³-hybridized carbons (Fsp3) is 0.0417. The molecule has 0 N–H and O–H groups in total. The second-order valence-corrected chi connectivity index (χ2v) is 7.54. The van der Waals surface area contributed by atoms with Crippen molar-refractivity contribution in [3.8, 4) is 21.7 Å². The summed E-state index contributed by atoms with van der Waals surface area (Å²) < 4.78 is 1.23. The molecule has 0 fully saturated rings. The van der Waals surface area contributed by atoms with E-state index in [4.69, 9.17) is 4.98 Å². The predicted octanol–water partition coefficient (Wildman–Crippen LogP) is 7.09. The van der Waals surface area contributed by atoms with Crippen LogP contribution in [0.25, 0.3) is 42.7 Å². The Hall–Kier alpha value is -2.97. The van der Waals surface area contributed by atoms with E-state index in [1.54, 1.807) is 11.3 Å². The molecular weight excluding hydrogens is 334 g/mol. The average Bonchev–Trinajstić information content (AvgIpc) is 3.12. The fourth-order valence-electron chi connectivity index (χ4n) is 3.55. The fourth-order valence-corrected chi connectivity index (χ4v) is 4.64. The number of para-hydroxylation sites is 1. The van der Waals surface area contributed by atoms with Crippen molar-refractivity contribution < 1.29 is 0 Å². The molecule has 1 nitrogen and oxygen atoms in total. The zero-order valence-corrected chi connectivity index (χ0v) is 15.3. The molecule has 1 heterocycles. The third kappa shape index (κ3) is 2.42. The van der Waals surface area contributed by atoms with E-state index in [2.05, 4.69) is 91.9 Å². The Kier molecular flexibility index (Phi) is 3.58. The Labute approximate surface area is 156 Å². The maximum Gasteiger partial charge on any atom is 0.124 e. The molecule has 0 aliphatic heterocycles. The van der Waals surface area contributed by atoms with E-state index in [0.717, 1.165) is 10.5 Å². The van der Waals surface area contributed by atoms with Crippen molar-refractivity contribution in [1.82, 2.24) is 4.98 Å². The lowest BCUT2D eigenvalue weighted by molar-refractivity contribution is 1.41. The van der Waals surface area contributed by atoms with Gasteiger partial charge in [0.2, 0.25) is 0 Å². The topological polar surface area (TPSA) is 12.9 Å². The van der Waals surface area contributed by atoms with Crippen LogP contribution in [0, 0.1) is 6.92 Å². The molecule has 0 atom stereocenters. The van der Waals surface area contributed by atoms with Gasteiger partial charge in [0.1, 0.15) is 5.01 Å². The number of thiazole rings is 1. The molecule has 0 spiro atoms. The Morgan fingerprint density at radius 1 is 0.654 bits per heavy atom. The van der Waals surface area contributed by atoms with Gasteiger partial charge in [0, 0.05) is 11.1 Å². The molecule has 0 aliphatic rings. The SMILES string of the molecule is Cc1ccccc1-c1nc2c(-c3cccc4ccccc34)cccc2s1. The minimum atomic E-state index is 1.09. The van der Waals surface area contributed by atoms with Crippen molar-refractivity contribution in [2.24, 2.45) is 0 Å². The van der Waals surface area contributed by atoms with Gasteiger partial charge >= 0.3 is 0 Å².